The van der Waals surface area contributed by atoms with Gasteiger partial charge in [0, 0.05) is 6.07 Å². The van der Waals surface area contributed by atoms with E-state index in [2.05, 4.69) is 14.3 Å². The fourth-order valence-electron chi connectivity index (χ4n) is 1.10. The average molecular weight is 207 g/mol. The predicted octanol–water partition coefficient (Wildman–Crippen LogP) is 1.07. The zero-order valence-electron chi connectivity index (χ0n) is 7.56. The molecule has 0 saturated heterocycles. The van der Waals surface area contributed by atoms with Crippen LogP contribution in [-0.4, -0.2) is 14.3 Å². The summed E-state index contributed by atoms with van der Waals surface area (Å²) in [4.78, 5) is 8.82. The summed E-state index contributed by atoms with van der Waals surface area (Å²) >= 11 is 1.37. The first-order valence-electron chi connectivity index (χ1n) is 3.99. The molecule has 2 rings (SSSR count). The SMILES string of the molecule is Cc1cc(-c2cc(N)nc(N)n2)sn1. The molecule has 14 heavy (non-hydrogen) atoms. The highest BCUT2D eigenvalue weighted by atomic mass is 32.1. The van der Waals surface area contributed by atoms with Crippen LogP contribution in [0.4, 0.5) is 11.8 Å². The minimum atomic E-state index is 0.186. The second-order valence-corrected chi connectivity index (χ2v) is 3.67. The van der Waals surface area contributed by atoms with E-state index in [1.54, 1.807) is 6.07 Å². The minimum absolute atomic E-state index is 0.186. The number of aromatic nitrogens is 3. The summed E-state index contributed by atoms with van der Waals surface area (Å²) < 4.78 is 4.15. The number of nitrogens with zero attached hydrogens (tertiary/aromatic N) is 3. The zero-order chi connectivity index (χ0) is 10.1. The predicted molar refractivity (Wildman–Crippen MR) is 56.7 cm³/mol. The Bertz CT molecular complexity index is 444. The monoisotopic (exact) mass is 207 g/mol. The molecule has 0 amide bonds. The van der Waals surface area contributed by atoms with Crippen LogP contribution in [0.2, 0.25) is 0 Å². The molecule has 6 heteroatoms. The van der Waals surface area contributed by atoms with Gasteiger partial charge in [-0.25, -0.2) is 4.98 Å². The zero-order valence-corrected chi connectivity index (χ0v) is 8.38. The van der Waals surface area contributed by atoms with Crippen molar-refractivity contribution in [2.24, 2.45) is 0 Å². The van der Waals surface area contributed by atoms with Crippen molar-refractivity contribution >= 4 is 23.3 Å². The van der Waals surface area contributed by atoms with Crippen molar-refractivity contribution in [3.63, 3.8) is 0 Å². The standard InChI is InChI=1S/C8H9N5S/c1-4-2-6(14-13-4)5-3-7(9)12-8(10)11-5/h2-3H,1H3,(H4,9,10,11,12). The van der Waals surface area contributed by atoms with Crippen molar-refractivity contribution in [1.29, 1.82) is 0 Å². The Hall–Kier alpha value is -1.69. The third-order valence-electron chi connectivity index (χ3n) is 1.64. The summed E-state index contributed by atoms with van der Waals surface area (Å²) in [6.07, 6.45) is 0. The number of aryl methyl sites for hydroxylation is 1. The van der Waals surface area contributed by atoms with Crippen molar-refractivity contribution in [3.05, 3.63) is 17.8 Å². The molecule has 0 bridgehead atoms. The normalized spacial score (nSPS) is 10.4. The smallest absolute Gasteiger partial charge is 0.222 e. The fourth-order valence-corrected chi connectivity index (χ4v) is 1.81. The van der Waals surface area contributed by atoms with E-state index in [1.807, 2.05) is 13.0 Å². The lowest BCUT2D eigenvalue weighted by Crippen LogP contribution is -1.99. The van der Waals surface area contributed by atoms with E-state index < -0.39 is 0 Å². The van der Waals surface area contributed by atoms with E-state index in [-0.39, 0.29) is 5.95 Å². The van der Waals surface area contributed by atoms with Gasteiger partial charge >= 0.3 is 0 Å². The molecule has 4 N–H and O–H groups in total. The molecule has 2 aromatic rings. The summed E-state index contributed by atoms with van der Waals surface area (Å²) in [7, 11) is 0. The van der Waals surface area contributed by atoms with Crippen LogP contribution in [-0.2, 0) is 0 Å². The van der Waals surface area contributed by atoms with Crippen LogP contribution in [0, 0.1) is 6.92 Å². The van der Waals surface area contributed by atoms with E-state index >= 15 is 0 Å². The van der Waals surface area contributed by atoms with Crippen LogP contribution in [0.15, 0.2) is 12.1 Å². The van der Waals surface area contributed by atoms with Gasteiger partial charge in [-0.05, 0) is 24.5 Å². The molecule has 0 radical (unpaired) electrons. The third-order valence-corrected chi connectivity index (χ3v) is 2.55. The number of rotatable bonds is 1. The molecule has 0 aliphatic rings. The quantitative estimate of drug-likeness (QED) is 0.730. The largest absolute Gasteiger partial charge is 0.384 e. The van der Waals surface area contributed by atoms with Crippen molar-refractivity contribution in [2.45, 2.75) is 6.92 Å². The number of hydrogen-bond acceptors (Lipinski definition) is 6. The molecule has 2 heterocycles. The Balaban J connectivity index is 2.51. The second-order valence-electron chi connectivity index (χ2n) is 2.87. The molecule has 0 unspecified atom stereocenters. The molecule has 0 aliphatic heterocycles. The first-order valence-corrected chi connectivity index (χ1v) is 4.76. The maximum Gasteiger partial charge on any atom is 0.222 e. The van der Waals surface area contributed by atoms with Crippen LogP contribution in [0.3, 0.4) is 0 Å². The van der Waals surface area contributed by atoms with Crippen LogP contribution in [0.1, 0.15) is 5.69 Å². The van der Waals surface area contributed by atoms with Gasteiger partial charge in [-0.15, -0.1) is 0 Å². The van der Waals surface area contributed by atoms with Gasteiger partial charge in [0.15, 0.2) is 0 Å². The maximum atomic E-state index is 5.56. The molecule has 0 fully saturated rings. The third kappa shape index (κ3) is 1.64. The van der Waals surface area contributed by atoms with Gasteiger partial charge in [-0.2, -0.15) is 9.36 Å². The summed E-state index contributed by atoms with van der Waals surface area (Å²) in [6, 6.07) is 3.62. The van der Waals surface area contributed by atoms with E-state index in [0.717, 1.165) is 16.3 Å². The second kappa shape index (κ2) is 3.22. The molecule has 0 saturated carbocycles. The number of nitrogen functional groups attached to an aromatic ring is 2. The summed E-state index contributed by atoms with van der Waals surface area (Å²) in [5, 5.41) is 0. The van der Waals surface area contributed by atoms with Crippen LogP contribution in [0.5, 0.6) is 0 Å². The average Bonchev–Trinajstić information content (AvgIpc) is 2.50. The Labute approximate surface area is 85.0 Å². The highest BCUT2D eigenvalue weighted by Crippen LogP contribution is 2.24. The van der Waals surface area contributed by atoms with E-state index in [9.17, 15) is 0 Å². The maximum absolute atomic E-state index is 5.56. The highest BCUT2D eigenvalue weighted by Gasteiger charge is 2.05. The summed E-state index contributed by atoms with van der Waals surface area (Å²) in [6.45, 7) is 1.92. The number of anilines is 2. The van der Waals surface area contributed by atoms with Gasteiger partial charge in [0.1, 0.15) is 5.82 Å². The molecule has 2 aromatic heterocycles. The fraction of sp³-hybridized carbons (Fsp3) is 0.125. The number of nitrogens with two attached hydrogens (primary N) is 2. The van der Waals surface area contributed by atoms with Gasteiger partial charge in [0.25, 0.3) is 0 Å². The van der Waals surface area contributed by atoms with Crippen molar-refractivity contribution < 1.29 is 0 Å². The molecule has 0 atom stereocenters. The molecule has 0 aliphatic carbocycles. The van der Waals surface area contributed by atoms with Gasteiger partial charge in [0.05, 0.1) is 16.3 Å². The van der Waals surface area contributed by atoms with E-state index in [4.69, 9.17) is 11.5 Å². The van der Waals surface area contributed by atoms with Crippen molar-refractivity contribution in [2.75, 3.05) is 11.5 Å². The molecular formula is C8H9N5S. The number of hydrogen-bond donors (Lipinski definition) is 2. The lowest BCUT2D eigenvalue weighted by Gasteiger charge is -1.98. The topological polar surface area (TPSA) is 90.7 Å². The first-order chi connectivity index (χ1) is 6.65. The Morgan fingerprint density at radius 3 is 2.57 bits per heavy atom. The minimum Gasteiger partial charge on any atom is -0.384 e. The van der Waals surface area contributed by atoms with Crippen LogP contribution >= 0.6 is 11.5 Å². The van der Waals surface area contributed by atoms with Crippen LogP contribution < -0.4 is 11.5 Å². The van der Waals surface area contributed by atoms with Gasteiger partial charge in [-0.1, -0.05) is 0 Å². The van der Waals surface area contributed by atoms with Gasteiger partial charge in [0.2, 0.25) is 5.95 Å². The van der Waals surface area contributed by atoms with E-state index in [0.29, 0.717) is 5.82 Å². The summed E-state index contributed by atoms with van der Waals surface area (Å²) in [5.74, 6) is 0.560. The van der Waals surface area contributed by atoms with Gasteiger partial charge < -0.3 is 11.5 Å². The summed E-state index contributed by atoms with van der Waals surface area (Å²) in [5.41, 5.74) is 12.7. The molecule has 0 aromatic carbocycles. The molecule has 5 nitrogen and oxygen atoms in total. The van der Waals surface area contributed by atoms with E-state index in [1.165, 1.54) is 11.5 Å². The first kappa shape index (κ1) is 8.89. The lowest BCUT2D eigenvalue weighted by atomic mass is 10.3. The van der Waals surface area contributed by atoms with Crippen LogP contribution in [0.25, 0.3) is 10.6 Å². The van der Waals surface area contributed by atoms with Crippen molar-refractivity contribution in [1.82, 2.24) is 14.3 Å². The highest BCUT2D eigenvalue weighted by molar-refractivity contribution is 7.09. The molecule has 72 valence electrons. The Morgan fingerprint density at radius 1 is 1.21 bits per heavy atom. The lowest BCUT2D eigenvalue weighted by molar-refractivity contribution is 1.20. The molecular weight excluding hydrogens is 198 g/mol. The molecule has 0 spiro atoms. The Kier molecular flexibility index (Phi) is 2.05. The Morgan fingerprint density at radius 2 is 2.00 bits per heavy atom. The van der Waals surface area contributed by atoms with Crippen molar-refractivity contribution in [3.8, 4) is 10.6 Å². The van der Waals surface area contributed by atoms with Gasteiger partial charge in [-0.3, -0.25) is 0 Å².